The van der Waals surface area contributed by atoms with Gasteiger partial charge in [-0.05, 0) is 31.0 Å². The maximum absolute atomic E-state index is 12.7. The molecule has 11 heteroatoms. The van der Waals surface area contributed by atoms with Gasteiger partial charge in [0.2, 0.25) is 27.7 Å². The summed E-state index contributed by atoms with van der Waals surface area (Å²) in [5.41, 5.74) is 0.593. The molecule has 1 aromatic heterocycles. The molecule has 0 atom stereocenters. The minimum Gasteiger partial charge on any atom is -0.302 e. The molecule has 0 saturated carbocycles. The third-order valence-electron chi connectivity index (χ3n) is 5.03. The number of anilines is 1. The van der Waals surface area contributed by atoms with Crippen molar-refractivity contribution in [2.45, 2.75) is 37.0 Å². The summed E-state index contributed by atoms with van der Waals surface area (Å²) in [5, 5.41) is 3.00. The predicted octanol–water partition coefficient (Wildman–Crippen LogP) is 1.56. The molecule has 1 N–H and O–H groups in total. The normalized spacial score (nSPS) is 18.1. The Morgan fingerprint density at radius 2 is 1.83 bits per heavy atom. The predicted molar refractivity (Wildman–Crippen MR) is 107 cm³/mol. The van der Waals surface area contributed by atoms with Crippen LogP contribution in [-0.2, 0) is 24.4 Å². The third-order valence-corrected chi connectivity index (χ3v) is 7.85. The van der Waals surface area contributed by atoms with Gasteiger partial charge in [-0.1, -0.05) is 11.3 Å². The number of benzene rings is 1. The summed E-state index contributed by atoms with van der Waals surface area (Å²) in [6, 6.07) is 4.75. The lowest BCUT2D eigenvalue weighted by Crippen LogP contribution is -2.32. The van der Waals surface area contributed by atoms with Crippen LogP contribution in [0.25, 0.3) is 10.2 Å². The number of fused-ring (bicyclic) bond motifs is 1. The Morgan fingerprint density at radius 3 is 2.52 bits per heavy atom. The number of likely N-dealkylation sites (tertiary alicyclic amines) is 1. The van der Waals surface area contributed by atoms with Crippen molar-refractivity contribution >= 4 is 54.4 Å². The van der Waals surface area contributed by atoms with Crippen molar-refractivity contribution in [3.05, 3.63) is 18.2 Å². The van der Waals surface area contributed by atoms with Crippen molar-refractivity contribution in [3.63, 3.8) is 0 Å². The standard InChI is InChI=1S/C18H20N4O5S2/c23-15(7-10-22-16(24)5-6-17(22)25)20-18-19-13-4-3-12(11-14(13)28-18)29(26,27)21-8-1-2-9-21/h3-4,11H,1-2,5-10H2,(H,19,20,23). The zero-order valence-electron chi connectivity index (χ0n) is 15.6. The second kappa shape index (κ2) is 7.81. The Kier molecular flexibility index (Phi) is 5.36. The molecule has 3 amide bonds. The van der Waals surface area contributed by atoms with Gasteiger partial charge in [0.15, 0.2) is 5.13 Å². The fourth-order valence-corrected chi connectivity index (χ4v) is 6.00. The van der Waals surface area contributed by atoms with E-state index in [4.69, 9.17) is 0 Å². The van der Waals surface area contributed by atoms with Crippen LogP contribution in [0.15, 0.2) is 23.1 Å². The molecule has 154 valence electrons. The van der Waals surface area contributed by atoms with Gasteiger partial charge >= 0.3 is 0 Å². The van der Waals surface area contributed by atoms with Crippen molar-refractivity contribution < 1.29 is 22.8 Å². The van der Waals surface area contributed by atoms with E-state index in [1.54, 1.807) is 12.1 Å². The first-order valence-electron chi connectivity index (χ1n) is 9.38. The van der Waals surface area contributed by atoms with Gasteiger partial charge in [-0.25, -0.2) is 13.4 Å². The van der Waals surface area contributed by atoms with Crippen molar-refractivity contribution in [3.8, 4) is 0 Å². The van der Waals surface area contributed by atoms with E-state index < -0.39 is 10.0 Å². The SMILES string of the molecule is O=C(CCN1C(=O)CCC1=O)Nc1nc2ccc(S(=O)(=O)N3CCCC3)cc2s1. The van der Waals surface area contributed by atoms with Gasteiger partial charge in [-0.2, -0.15) is 4.31 Å². The van der Waals surface area contributed by atoms with Gasteiger partial charge < -0.3 is 5.32 Å². The number of aromatic nitrogens is 1. The molecule has 0 radical (unpaired) electrons. The molecule has 2 saturated heterocycles. The van der Waals surface area contributed by atoms with Crippen LogP contribution in [0.1, 0.15) is 32.1 Å². The number of carbonyl (C=O) groups excluding carboxylic acids is 3. The van der Waals surface area contributed by atoms with E-state index >= 15 is 0 Å². The van der Waals surface area contributed by atoms with Crippen LogP contribution in [0.2, 0.25) is 0 Å². The molecule has 0 unspecified atom stereocenters. The van der Waals surface area contributed by atoms with E-state index in [1.165, 1.54) is 21.7 Å². The molecular weight excluding hydrogens is 416 g/mol. The Balaban J connectivity index is 1.44. The van der Waals surface area contributed by atoms with Gasteiger partial charge in [0.1, 0.15) is 0 Å². The zero-order chi connectivity index (χ0) is 20.6. The Bertz CT molecular complexity index is 1070. The summed E-state index contributed by atoms with van der Waals surface area (Å²) in [5.74, 6) is -0.870. The van der Waals surface area contributed by atoms with Gasteiger partial charge in [-0.3, -0.25) is 19.3 Å². The zero-order valence-corrected chi connectivity index (χ0v) is 17.2. The number of carbonyl (C=O) groups is 3. The first-order valence-corrected chi connectivity index (χ1v) is 11.6. The number of amides is 3. The number of imide groups is 1. The summed E-state index contributed by atoms with van der Waals surface area (Å²) < 4.78 is 27.6. The summed E-state index contributed by atoms with van der Waals surface area (Å²) in [4.78, 5) is 41.0. The minimum absolute atomic E-state index is 0.0119. The lowest BCUT2D eigenvalue weighted by Gasteiger charge is -2.15. The first-order chi connectivity index (χ1) is 13.8. The Hall–Kier alpha value is -2.37. The maximum atomic E-state index is 12.7. The summed E-state index contributed by atoms with van der Waals surface area (Å²) in [6.45, 7) is 1.12. The number of hydrogen-bond donors (Lipinski definition) is 1. The summed E-state index contributed by atoms with van der Waals surface area (Å²) >= 11 is 1.18. The fourth-order valence-electron chi connectivity index (χ4n) is 3.46. The van der Waals surface area contributed by atoms with Crippen LogP contribution < -0.4 is 5.32 Å². The highest BCUT2D eigenvalue weighted by Crippen LogP contribution is 2.30. The second-order valence-corrected chi connectivity index (χ2v) is 9.97. The van der Waals surface area contributed by atoms with E-state index in [1.807, 2.05) is 0 Å². The number of nitrogens with zero attached hydrogens (tertiary/aromatic N) is 3. The number of rotatable bonds is 6. The number of nitrogens with one attached hydrogen (secondary N) is 1. The molecule has 9 nitrogen and oxygen atoms in total. The molecule has 2 aliphatic rings. The lowest BCUT2D eigenvalue weighted by atomic mass is 10.3. The highest BCUT2D eigenvalue weighted by molar-refractivity contribution is 7.89. The molecule has 4 rings (SSSR count). The fraction of sp³-hybridized carbons (Fsp3) is 0.444. The van der Waals surface area contributed by atoms with Crippen LogP contribution in [0.3, 0.4) is 0 Å². The molecular formula is C18H20N4O5S2. The molecule has 1 aromatic carbocycles. The van der Waals surface area contributed by atoms with Crippen LogP contribution in [0.5, 0.6) is 0 Å². The minimum atomic E-state index is -3.52. The maximum Gasteiger partial charge on any atom is 0.243 e. The highest BCUT2D eigenvalue weighted by atomic mass is 32.2. The quantitative estimate of drug-likeness (QED) is 0.687. The molecule has 3 heterocycles. The average Bonchev–Trinajstić information content (AvgIpc) is 3.40. The van der Waals surface area contributed by atoms with Crippen molar-refractivity contribution in [1.82, 2.24) is 14.2 Å². The van der Waals surface area contributed by atoms with Crippen LogP contribution in [0.4, 0.5) is 5.13 Å². The van der Waals surface area contributed by atoms with Crippen molar-refractivity contribution in [2.75, 3.05) is 25.0 Å². The van der Waals surface area contributed by atoms with Gasteiger partial charge in [0, 0.05) is 38.9 Å². The number of sulfonamides is 1. The topological polar surface area (TPSA) is 117 Å². The van der Waals surface area contributed by atoms with Crippen LogP contribution in [-0.4, -0.2) is 60.0 Å². The van der Waals surface area contributed by atoms with Crippen molar-refractivity contribution in [2.24, 2.45) is 0 Å². The number of hydrogen-bond acceptors (Lipinski definition) is 7. The van der Waals surface area contributed by atoms with Gasteiger partial charge in [0.25, 0.3) is 0 Å². The largest absolute Gasteiger partial charge is 0.302 e. The molecule has 29 heavy (non-hydrogen) atoms. The van der Waals surface area contributed by atoms with E-state index in [-0.39, 0.29) is 48.4 Å². The Morgan fingerprint density at radius 1 is 1.14 bits per heavy atom. The van der Waals surface area contributed by atoms with Gasteiger partial charge in [-0.15, -0.1) is 0 Å². The van der Waals surface area contributed by atoms with E-state index in [0.29, 0.717) is 28.4 Å². The molecule has 2 fully saturated rings. The first kappa shape index (κ1) is 19.9. The number of thiazole rings is 1. The molecule has 2 aliphatic heterocycles. The average molecular weight is 437 g/mol. The third kappa shape index (κ3) is 4.02. The molecule has 0 bridgehead atoms. The summed E-state index contributed by atoms with van der Waals surface area (Å²) in [7, 11) is -3.52. The lowest BCUT2D eigenvalue weighted by molar-refractivity contribution is -0.138. The molecule has 0 aliphatic carbocycles. The Labute approximate surface area is 171 Å². The molecule has 2 aromatic rings. The highest BCUT2D eigenvalue weighted by Gasteiger charge is 2.29. The van der Waals surface area contributed by atoms with Crippen LogP contribution >= 0.6 is 11.3 Å². The molecule has 0 spiro atoms. The van der Waals surface area contributed by atoms with E-state index in [0.717, 1.165) is 17.7 Å². The van der Waals surface area contributed by atoms with Crippen LogP contribution in [0, 0.1) is 0 Å². The van der Waals surface area contributed by atoms with E-state index in [2.05, 4.69) is 10.3 Å². The second-order valence-electron chi connectivity index (χ2n) is 7.00. The van der Waals surface area contributed by atoms with E-state index in [9.17, 15) is 22.8 Å². The van der Waals surface area contributed by atoms with Crippen molar-refractivity contribution in [1.29, 1.82) is 0 Å². The summed E-state index contributed by atoms with van der Waals surface area (Å²) in [6.07, 6.45) is 2.11. The smallest absolute Gasteiger partial charge is 0.243 e. The van der Waals surface area contributed by atoms with Gasteiger partial charge in [0.05, 0.1) is 15.1 Å². The monoisotopic (exact) mass is 436 g/mol.